The Balaban J connectivity index is 1.52. The SMILES string of the molecule is O=C(COC(=O)C1CCN(S(=O)(=O)c2ccc(F)cc2)CC1)c1ccc(Cl)cc1. The number of halogens is 2. The summed E-state index contributed by atoms with van der Waals surface area (Å²) in [4.78, 5) is 24.3. The molecule has 6 nitrogen and oxygen atoms in total. The number of Topliss-reactive ketones (excluding diaryl/α,β-unsaturated/α-hetero) is 1. The summed E-state index contributed by atoms with van der Waals surface area (Å²) in [5.74, 6) is -1.86. The molecular weight excluding hydrogens is 421 g/mol. The third-order valence-electron chi connectivity index (χ3n) is 4.75. The van der Waals surface area contributed by atoms with Crippen molar-refractivity contribution in [2.45, 2.75) is 17.7 Å². The lowest BCUT2D eigenvalue weighted by Crippen LogP contribution is -2.40. The average Bonchev–Trinajstić information content (AvgIpc) is 2.72. The van der Waals surface area contributed by atoms with E-state index >= 15 is 0 Å². The van der Waals surface area contributed by atoms with Gasteiger partial charge in [-0.15, -0.1) is 0 Å². The van der Waals surface area contributed by atoms with Gasteiger partial charge in [0.25, 0.3) is 0 Å². The summed E-state index contributed by atoms with van der Waals surface area (Å²) >= 11 is 5.78. The van der Waals surface area contributed by atoms with Crippen LogP contribution >= 0.6 is 11.6 Å². The molecule has 1 aliphatic rings. The number of ketones is 1. The molecule has 1 heterocycles. The van der Waals surface area contributed by atoms with Crippen LogP contribution in [0.25, 0.3) is 0 Å². The Morgan fingerprint density at radius 1 is 1.03 bits per heavy atom. The van der Waals surface area contributed by atoms with Crippen LogP contribution in [0.1, 0.15) is 23.2 Å². The Labute approximate surface area is 173 Å². The average molecular weight is 440 g/mol. The smallest absolute Gasteiger partial charge is 0.309 e. The number of hydrogen-bond donors (Lipinski definition) is 0. The quantitative estimate of drug-likeness (QED) is 0.509. The van der Waals surface area contributed by atoms with Crippen LogP contribution in [0.4, 0.5) is 4.39 Å². The van der Waals surface area contributed by atoms with Gasteiger partial charge in [0.05, 0.1) is 10.8 Å². The molecule has 1 fully saturated rings. The fourth-order valence-corrected chi connectivity index (χ4v) is 4.66. The molecular formula is C20H19ClFNO5S. The van der Waals surface area contributed by atoms with Crippen LogP contribution in [-0.2, 0) is 19.6 Å². The molecule has 3 rings (SSSR count). The zero-order chi connectivity index (χ0) is 21.0. The van der Waals surface area contributed by atoms with Crippen LogP contribution in [0.5, 0.6) is 0 Å². The molecule has 0 spiro atoms. The first-order valence-electron chi connectivity index (χ1n) is 8.98. The van der Waals surface area contributed by atoms with Crippen molar-refractivity contribution in [1.29, 1.82) is 0 Å². The number of esters is 1. The van der Waals surface area contributed by atoms with Gasteiger partial charge in [0.1, 0.15) is 5.82 Å². The lowest BCUT2D eigenvalue weighted by Gasteiger charge is -2.30. The van der Waals surface area contributed by atoms with E-state index in [1.54, 1.807) is 24.3 Å². The standard InChI is InChI=1S/C20H19ClFNO5S/c21-16-3-1-14(2-4-16)19(24)13-28-20(25)15-9-11-23(12-10-15)29(26,27)18-7-5-17(22)6-8-18/h1-8,15H,9-13H2. The van der Waals surface area contributed by atoms with Gasteiger partial charge in [-0.3, -0.25) is 9.59 Å². The molecule has 0 radical (unpaired) electrons. The molecule has 9 heteroatoms. The van der Waals surface area contributed by atoms with Gasteiger partial charge in [-0.2, -0.15) is 4.31 Å². The minimum absolute atomic E-state index is 0.00786. The van der Waals surface area contributed by atoms with E-state index in [9.17, 15) is 22.4 Å². The largest absolute Gasteiger partial charge is 0.457 e. The third kappa shape index (κ3) is 5.20. The van der Waals surface area contributed by atoms with E-state index in [1.165, 1.54) is 16.4 Å². The highest BCUT2D eigenvalue weighted by Gasteiger charge is 2.33. The number of carbonyl (C=O) groups excluding carboxylic acids is 2. The first-order chi connectivity index (χ1) is 13.8. The summed E-state index contributed by atoms with van der Waals surface area (Å²) in [5.41, 5.74) is 0.391. The van der Waals surface area contributed by atoms with Crippen molar-refractivity contribution in [2.24, 2.45) is 5.92 Å². The van der Waals surface area contributed by atoms with Crippen LogP contribution < -0.4 is 0 Å². The van der Waals surface area contributed by atoms with Crippen molar-refractivity contribution < 1.29 is 27.1 Å². The van der Waals surface area contributed by atoms with Gasteiger partial charge in [-0.25, -0.2) is 12.8 Å². The zero-order valence-electron chi connectivity index (χ0n) is 15.4. The van der Waals surface area contributed by atoms with E-state index in [4.69, 9.17) is 16.3 Å². The predicted molar refractivity (Wildman–Crippen MR) is 105 cm³/mol. The normalized spacial score (nSPS) is 15.8. The van der Waals surface area contributed by atoms with Crippen molar-refractivity contribution in [2.75, 3.05) is 19.7 Å². The van der Waals surface area contributed by atoms with Gasteiger partial charge in [0.2, 0.25) is 10.0 Å². The highest BCUT2D eigenvalue weighted by molar-refractivity contribution is 7.89. The second-order valence-corrected chi connectivity index (χ2v) is 9.04. The minimum atomic E-state index is -3.74. The number of benzene rings is 2. The van der Waals surface area contributed by atoms with Crippen LogP contribution in [0.3, 0.4) is 0 Å². The Kier molecular flexibility index (Phi) is 6.66. The topological polar surface area (TPSA) is 80.8 Å². The Morgan fingerprint density at radius 2 is 1.62 bits per heavy atom. The summed E-state index contributed by atoms with van der Waals surface area (Å²) in [5, 5.41) is 0.501. The maximum absolute atomic E-state index is 13.0. The number of piperidine rings is 1. The van der Waals surface area contributed by atoms with E-state index < -0.39 is 27.7 Å². The molecule has 0 aliphatic carbocycles. The van der Waals surface area contributed by atoms with Crippen LogP contribution in [-0.4, -0.2) is 44.2 Å². The maximum atomic E-state index is 13.0. The van der Waals surface area contributed by atoms with Gasteiger partial charge in [0, 0.05) is 23.7 Å². The van der Waals surface area contributed by atoms with E-state index in [2.05, 4.69) is 0 Å². The molecule has 1 aliphatic heterocycles. The molecule has 29 heavy (non-hydrogen) atoms. The fraction of sp³-hybridized carbons (Fsp3) is 0.300. The van der Waals surface area contributed by atoms with Gasteiger partial charge in [0.15, 0.2) is 12.4 Å². The molecule has 2 aromatic rings. The number of sulfonamides is 1. The van der Waals surface area contributed by atoms with Crippen molar-refractivity contribution in [3.63, 3.8) is 0 Å². The number of hydrogen-bond acceptors (Lipinski definition) is 5. The number of rotatable bonds is 6. The van der Waals surface area contributed by atoms with Gasteiger partial charge >= 0.3 is 5.97 Å². The molecule has 0 N–H and O–H groups in total. The predicted octanol–water partition coefficient (Wildman–Crippen LogP) is 3.31. The molecule has 0 unspecified atom stereocenters. The summed E-state index contributed by atoms with van der Waals surface area (Å²) < 4.78 is 44.6. The van der Waals surface area contributed by atoms with Crippen molar-refractivity contribution in [3.8, 4) is 0 Å². The number of nitrogens with zero attached hydrogens (tertiary/aromatic N) is 1. The second kappa shape index (κ2) is 9.02. The fourth-order valence-electron chi connectivity index (χ4n) is 3.06. The Hall–Kier alpha value is -2.29. The Morgan fingerprint density at radius 3 is 2.21 bits per heavy atom. The molecule has 1 saturated heterocycles. The highest BCUT2D eigenvalue weighted by atomic mass is 35.5. The third-order valence-corrected chi connectivity index (χ3v) is 6.92. The van der Waals surface area contributed by atoms with Crippen molar-refractivity contribution >= 4 is 33.4 Å². The summed E-state index contributed by atoms with van der Waals surface area (Å²) in [6, 6.07) is 10.9. The van der Waals surface area contributed by atoms with E-state index in [0.29, 0.717) is 10.6 Å². The van der Waals surface area contributed by atoms with Gasteiger partial charge in [-0.1, -0.05) is 11.6 Å². The highest BCUT2D eigenvalue weighted by Crippen LogP contribution is 2.25. The number of ether oxygens (including phenoxy) is 1. The van der Waals surface area contributed by atoms with Crippen LogP contribution in [0, 0.1) is 11.7 Å². The molecule has 0 atom stereocenters. The molecule has 0 saturated carbocycles. The van der Waals surface area contributed by atoms with E-state index in [1.807, 2.05) is 0 Å². The second-order valence-electron chi connectivity index (χ2n) is 6.67. The van der Waals surface area contributed by atoms with Crippen molar-refractivity contribution in [1.82, 2.24) is 4.31 Å². The van der Waals surface area contributed by atoms with Gasteiger partial charge < -0.3 is 4.74 Å². The lowest BCUT2D eigenvalue weighted by molar-refractivity contribution is -0.148. The molecule has 154 valence electrons. The van der Waals surface area contributed by atoms with E-state index in [-0.39, 0.29) is 43.2 Å². The van der Waals surface area contributed by atoms with E-state index in [0.717, 1.165) is 12.1 Å². The summed E-state index contributed by atoms with van der Waals surface area (Å²) in [6.45, 7) is -0.0935. The minimum Gasteiger partial charge on any atom is -0.457 e. The first kappa shape index (κ1) is 21.4. The maximum Gasteiger partial charge on any atom is 0.309 e. The molecule has 0 amide bonds. The molecule has 0 aromatic heterocycles. The Bertz CT molecular complexity index is 985. The van der Waals surface area contributed by atoms with Crippen LogP contribution in [0.2, 0.25) is 5.02 Å². The summed E-state index contributed by atoms with van der Waals surface area (Å²) in [6.07, 6.45) is 0.572. The molecule has 0 bridgehead atoms. The van der Waals surface area contributed by atoms with Crippen molar-refractivity contribution in [3.05, 3.63) is 64.9 Å². The van der Waals surface area contributed by atoms with Crippen LogP contribution in [0.15, 0.2) is 53.4 Å². The zero-order valence-corrected chi connectivity index (χ0v) is 17.0. The summed E-state index contributed by atoms with van der Waals surface area (Å²) in [7, 11) is -3.74. The lowest BCUT2D eigenvalue weighted by atomic mass is 9.98. The van der Waals surface area contributed by atoms with Gasteiger partial charge in [-0.05, 0) is 61.4 Å². The molecule has 2 aromatic carbocycles. The monoisotopic (exact) mass is 439 g/mol. The first-order valence-corrected chi connectivity index (χ1v) is 10.8. The number of carbonyl (C=O) groups is 2.